The lowest BCUT2D eigenvalue weighted by molar-refractivity contribution is 0.0943. The Bertz CT molecular complexity index is 431. The molecule has 3 rings (SSSR count). The number of nitrogens with one attached hydrogen (secondary N) is 1. The predicted octanol–water partition coefficient (Wildman–Crippen LogP) is 1.90. The lowest BCUT2D eigenvalue weighted by Crippen LogP contribution is -2.35. The topological polar surface area (TPSA) is 32.3 Å². The zero-order valence-corrected chi connectivity index (χ0v) is 10.8. The minimum absolute atomic E-state index is 0.0565. The van der Waals surface area contributed by atoms with Crippen molar-refractivity contribution < 1.29 is 4.79 Å². The Kier molecular flexibility index (Phi) is 3.08. The summed E-state index contributed by atoms with van der Waals surface area (Å²) in [6.45, 7) is 0.819. The molecule has 2 bridgehead atoms. The van der Waals surface area contributed by atoms with Crippen molar-refractivity contribution in [3.05, 3.63) is 35.9 Å². The van der Waals surface area contributed by atoms with Crippen molar-refractivity contribution in [2.75, 3.05) is 13.6 Å². The van der Waals surface area contributed by atoms with Crippen molar-refractivity contribution in [3.8, 4) is 0 Å². The number of amides is 1. The van der Waals surface area contributed by atoms with Gasteiger partial charge in [-0.25, -0.2) is 0 Å². The van der Waals surface area contributed by atoms with Crippen LogP contribution in [0.3, 0.4) is 0 Å². The summed E-state index contributed by atoms with van der Waals surface area (Å²) in [5.41, 5.74) is 0.758. The van der Waals surface area contributed by atoms with E-state index < -0.39 is 0 Å². The third-order valence-electron chi connectivity index (χ3n) is 4.57. The van der Waals surface area contributed by atoms with Crippen molar-refractivity contribution in [1.29, 1.82) is 0 Å². The molecular formula is C15H20N2O. The van der Waals surface area contributed by atoms with Gasteiger partial charge in [-0.3, -0.25) is 4.79 Å². The number of carbonyl (C=O) groups is 1. The minimum Gasteiger partial charge on any atom is -0.352 e. The second-order valence-corrected chi connectivity index (χ2v) is 5.54. The van der Waals surface area contributed by atoms with Gasteiger partial charge < -0.3 is 10.2 Å². The van der Waals surface area contributed by atoms with Crippen molar-refractivity contribution >= 4 is 5.91 Å². The monoisotopic (exact) mass is 244 g/mol. The molecule has 2 saturated heterocycles. The van der Waals surface area contributed by atoms with Crippen LogP contribution in [-0.4, -0.2) is 36.5 Å². The minimum atomic E-state index is 0.0565. The molecule has 1 N–H and O–H groups in total. The molecule has 3 heteroatoms. The van der Waals surface area contributed by atoms with Gasteiger partial charge in [-0.15, -0.1) is 0 Å². The van der Waals surface area contributed by atoms with E-state index in [-0.39, 0.29) is 5.91 Å². The molecule has 0 aliphatic carbocycles. The van der Waals surface area contributed by atoms with E-state index in [1.54, 1.807) is 0 Å². The van der Waals surface area contributed by atoms with Gasteiger partial charge in [0.05, 0.1) is 0 Å². The molecule has 0 saturated carbocycles. The first-order valence-electron chi connectivity index (χ1n) is 6.81. The first-order chi connectivity index (χ1) is 8.75. The largest absolute Gasteiger partial charge is 0.352 e. The molecule has 2 heterocycles. The Balaban J connectivity index is 1.55. The van der Waals surface area contributed by atoms with Crippen molar-refractivity contribution in [3.63, 3.8) is 0 Å². The van der Waals surface area contributed by atoms with E-state index in [1.807, 2.05) is 30.3 Å². The van der Waals surface area contributed by atoms with E-state index in [1.165, 1.54) is 19.3 Å². The normalized spacial score (nSPS) is 30.6. The van der Waals surface area contributed by atoms with Gasteiger partial charge in [0.25, 0.3) is 5.91 Å². The molecule has 1 amide bonds. The smallest absolute Gasteiger partial charge is 0.251 e. The Morgan fingerprint density at radius 1 is 1.33 bits per heavy atom. The lowest BCUT2D eigenvalue weighted by Gasteiger charge is -2.21. The van der Waals surface area contributed by atoms with Gasteiger partial charge in [0, 0.05) is 24.2 Å². The number of rotatable bonds is 3. The Morgan fingerprint density at radius 2 is 2.11 bits per heavy atom. The summed E-state index contributed by atoms with van der Waals surface area (Å²) in [5.74, 6) is 0.697. The van der Waals surface area contributed by atoms with Crippen LogP contribution in [0.1, 0.15) is 29.6 Å². The Labute approximate surface area is 108 Å². The van der Waals surface area contributed by atoms with Gasteiger partial charge in [0.1, 0.15) is 0 Å². The fourth-order valence-electron chi connectivity index (χ4n) is 3.53. The zero-order valence-electron chi connectivity index (χ0n) is 10.8. The molecule has 3 atom stereocenters. The third-order valence-corrected chi connectivity index (χ3v) is 4.57. The molecule has 2 fully saturated rings. The Hall–Kier alpha value is -1.35. The van der Waals surface area contributed by atoms with Crippen LogP contribution in [0.25, 0.3) is 0 Å². The first-order valence-corrected chi connectivity index (χ1v) is 6.81. The van der Waals surface area contributed by atoms with Crippen molar-refractivity contribution in [1.82, 2.24) is 10.2 Å². The van der Waals surface area contributed by atoms with Crippen molar-refractivity contribution in [2.24, 2.45) is 5.92 Å². The van der Waals surface area contributed by atoms with Crippen LogP contribution in [-0.2, 0) is 0 Å². The molecular weight excluding hydrogens is 224 g/mol. The molecule has 18 heavy (non-hydrogen) atoms. The van der Waals surface area contributed by atoms with E-state index in [9.17, 15) is 4.79 Å². The molecule has 3 nitrogen and oxygen atoms in total. The zero-order chi connectivity index (χ0) is 12.5. The number of hydrogen-bond acceptors (Lipinski definition) is 2. The van der Waals surface area contributed by atoms with Crippen molar-refractivity contribution in [2.45, 2.75) is 31.3 Å². The highest BCUT2D eigenvalue weighted by Crippen LogP contribution is 2.39. The van der Waals surface area contributed by atoms with E-state index in [0.29, 0.717) is 12.0 Å². The standard InChI is InChI=1S/C15H20N2O/c1-17-13-7-8-14(17)12(9-13)10-16-15(18)11-5-3-2-4-6-11/h2-6,12-14H,7-10H2,1H3,(H,16,18). The maximum atomic E-state index is 12.0. The van der Waals surface area contributed by atoms with Gasteiger partial charge >= 0.3 is 0 Å². The summed E-state index contributed by atoms with van der Waals surface area (Å²) in [5, 5.41) is 3.08. The molecule has 0 aromatic heterocycles. The third kappa shape index (κ3) is 2.03. The van der Waals surface area contributed by atoms with Crippen LogP contribution in [0.15, 0.2) is 30.3 Å². The number of carbonyl (C=O) groups excluding carboxylic acids is 1. The fraction of sp³-hybridized carbons (Fsp3) is 0.533. The highest BCUT2D eigenvalue weighted by molar-refractivity contribution is 5.94. The summed E-state index contributed by atoms with van der Waals surface area (Å²) >= 11 is 0. The van der Waals surface area contributed by atoms with Gasteiger partial charge in [-0.05, 0) is 44.4 Å². The molecule has 1 aromatic carbocycles. The van der Waals surface area contributed by atoms with Crippen LogP contribution in [0, 0.1) is 5.92 Å². The van der Waals surface area contributed by atoms with Crippen LogP contribution >= 0.6 is 0 Å². The molecule has 2 aliphatic heterocycles. The summed E-state index contributed by atoms with van der Waals surface area (Å²) in [6.07, 6.45) is 3.88. The van der Waals surface area contributed by atoms with E-state index in [2.05, 4.69) is 17.3 Å². The number of nitrogens with zero attached hydrogens (tertiary/aromatic N) is 1. The highest BCUT2D eigenvalue weighted by Gasteiger charge is 2.43. The fourth-order valence-corrected chi connectivity index (χ4v) is 3.53. The highest BCUT2D eigenvalue weighted by atomic mass is 16.1. The second kappa shape index (κ2) is 4.73. The summed E-state index contributed by atoms with van der Waals surface area (Å²) in [4.78, 5) is 14.5. The SMILES string of the molecule is CN1C2CCC1C(CNC(=O)c1ccccc1)C2. The number of hydrogen-bond donors (Lipinski definition) is 1. The van der Waals surface area contributed by atoms with Crippen LogP contribution in [0.5, 0.6) is 0 Å². The quantitative estimate of drug-likeness (QED) is 0.880. The van der Waals surface area contributed by atoms with Gasteiger partial charge in [-0.1, -0.05) is 18.2 Å². The van der Waals surface area contributed by atoms with Gasteiger partial charge in [0.2, 0.25) is 0 Å². The molecule has 2 aliphatic rings. The van der Waals surface area contributed by atoms with E-state index in [4.69, 9.17) is 0 Å². The molecule has 1 aromatic rings. The molecule has 0 spiro atoms. The predicted molar refractivity (Wildman–Crippen MR) is 71.5 cm³/mol. The van der Waals surface area contributed by atoms with Gasteiger partial charge in [-0.2, -0.15) is 0 Å². The molecule has 0 radical (unpaired) electrons. The maximum Gasteiger partial charge on any atom is 0.251 e. The van der Waals surface area contributed by atoms with Gasteiger partial charge in [0.15, 0.2) is 0 Å². The summed E-state index contributed by atoms with van der Waals surface area (Å²) in [7, 11) is 2.22. The molecule has 96 valence electrons. The van der Waals surface area contributed by atoms with Crippen LogP contribution < -0.4 is 5.32 Å². The second-order valence-electron chi connectivity index (χ2n) is 5.54. The lowest BCUT2D eigenvalue weighted by atomic mass is 9.89. The first kappa shape index (κ1) is 11.7. The molecule has 3 unspecified atom stereocenters. The number of fused-ring (bicyclic) bond motifs is 2. The van der Waals surface area contributed by atoms with E-state index >= 15 is 0 Å². The summed E-state index contributed by atoms with van der Waals surface area (Å²) < 4.78 is 0. The average molecular weight is 244 g/mol. The number of benzene rings is 1. The van der Waals surface area contributed by atoms with E-state index in [0.717, 1.165) is 18.2 Å². The van der Waals surface area contributed by atoms with Crippen LogP contribution in [0.2, 0.25) is 0 Å². The van der Waals surface area contributed by atoms with Crippen LogP contribution in [0.4, 0.5) is 0 Å². The Morgan fingerprint density at radius 3 is 2.72 bits per heavy atom. The average Bonchev–Trinajstić information content (AvgIpc) is 2.92. The summed E-state index contributed by atoms with van der Waals surface area (Å²) in [6, 6.07) is 10.9. The maximum absolute atomic E-state index is 12.0.